The first-order valence-electron chi connectivity index (χ1n) is 8.29. The number of imidazole rings is 1. The lowest BCUT2D eigenvalue weighted by molar-refractivity contribution is 0.288. The summed E-state index contributed by atoms with van der Waals surface area (Å²) in [7, 11) is 1.68. The molecule has 2 rings (SSSR count). The van der Waals surface area contributed by atoms with E-state index in [0.29, 0.717) is 0 Å². The van der Waals surface area contributed by atoms with Gasteiger partial charge in [0, 0.05) is 25.5 Å². The summed E-state index contributed by atoms with van der Waals surface area (Å²) in [5.41, 5.74) is 1.20. The number of rotatable bonds is 11. The average molecular weight is 317 g/mol. The third kappa shape index (κ3) is 5.94. The maximum Gasteiger partial charge on any atom is 0.161 e. The van der Waals surface area contributed by atoms with Crippen molar-refractivity contribution in [2.45, 2.75) is 39.3 Å². The van der Waals surface area contributed by atoms with E-state index in [0.717, 1.165) is 57.0 Å². The molecule has 0 aliphatic heterocycles. The van der Waals surface area contributed by atoms with Gasteiger partial charge >= 0.3 is 0 Å². The zero-order chi connectivity index (χ0) is 16.3. The molecule has 0 aliphatic rings. The van der Waals surface area contributed by atoms with Crippen LogP contribution < -0.4 is 14.8 Å². The monoisotopic (exact) mass is 317 g/mol. The molecule has 0 amide bonds. The SMILES string of the molecule is CCCCOc1ccc(CNCCCn2ccnc2)cc1OC. The number of methoxy groups -OCH3 is 1. The van der Waals surface area contributed by atoms with Crippen molar-refractivity contribution < 1.29 is 9.47 Å². The van der Waals surface area contributed by atoms with E-state index in [9.17, 15) is 0 Å². The fraction of sp³-hybridized carbons (Fsp3) is 0.500. The fourth-order valence-electron chi connectivity index (χ4n) is 2.31. The summed E-state index contributed by atoms with van der Waals surface area (Å²) in [6.45, 7) is 5.67. The standard InChI is InChI=1S/C18H27N3O2/c1-3-4-12-23-17-7-6-16(13-18(17)22-2)14-19-8-5-10-21-11-9-20-15-21/h6-7,9,11,13,15,19H,3-5,8,10,12,14H2,1-2H3. The predicted molar refractivity (Wildman–Crippen MR) is 91.9 cm³/mol. The molecule has 0 saturated carbocycles. The molecule has 5 heteroatoms. The Morgan fingerprint density at radius 1 is 1.22 bits per heavy atom. The highest BCUT2D eigenvalue weighted by molar-refractivity contribution is 5.42. The smallest absolute Gasteiger partial charge is 0.161 e. The molecule has 0 radical (unpaired) electrons. The number of nitrogens with zero attached hydrogens (tertiary/aromatic N) is 2. The van der Waals surface area contributed by atoms with Crippen LogP contribution in [-0.4, -0.2) is 29.8 Å². The molecule has 1 aromatic carbocycles. The number of hydrogen-bond acceptors (Lipinski definition) is 4. The van der Waals surface area contributed by atoms with Crippen LogP contribution in [0.3, 0.4) is 0 Å². The van der Waals surface area contributed by atoms with Crippen LogP contribution in [-0.2, 0) is 13.1 Å². The Bertz CT molecular complexity index is 555. The Kier molecular flexibility index (Phi) is 7.46. The Labute approximate surface area is 138 Å². The van der Waals surface area contributed by atoms with Crippen molar-refractivity contribution >= 4 is 0 Å². The largest absolute Gasteiger partial charge is 0.493 e. The topological polar surface area (TPSA) is 48.3 Å². The molecule has 5 nitrogen and oxygen atoms in total. The average Bonchev–Trinajstić information content (AvgIpc) is 3.09. The van der Waals surface area contributed by atoms with E-state index in [-0.39, 0.29) is 0 Å². The number of ether oxygens (including phenoxy) is 2. The van der Waals surface area contributed by atoms with Gasteiger partial charge in [-0.25, -0.2) is 4.98 Å². The molecule has 0 saturated heterocycles. The molecule has 23 heavy (non-hydrogen) atoms. The second kappa shape index (κ2) is 9.90. The molecule has 0 aliphatic carbocycles. The highest BCUT2D eigenvalue weighted by Gasteiger charge is 2.05. The van der Waals surface area contributed by atoms with Crippen LogP contribution in [0.2, 0.25) is 0 Å². The molecule has 0 spiro atoms. The Balaban J connectivity index is 1.74. The van der Waals surface area contributed by atoms with Crippen LogP contribution in [0.25, 0.3) is 0 Å². The van der Waals surface area contributed by atoms with Crippen molar-refractivity contribution in [3.63, 3.8) is 0 Å². The Hall–Kier alpha value is -2.01. The molecule has 0 atom stereocenters. The molecule has 126 valence electrons. The Morgan fingerprint density at radius 3 is 2.87 bits per heavy atom. The summed E-state index contributed by atoms with van der Waals surface area (Å²) >= 11 is 0. The van der Waals surface area contributed by atoms with Crippen LogP contribution in [0.4, 0.5) is 0 Å². The van der Waals surface area contributed by atoms with E-state index in [1.54, 1.807) is 7.11 Å². The van der Waals surface area contributed by atoms with Crippen molar-refractivity contribution in [2.24, 2.45) is 0 Å². The fourth-order valence-corrected chi connectivity index (χ4v) is 2.31. The highest BCUT2D eigenvalue weighted by Crippen LogP contribution is 2.28. The van der Waals surface area contributed by atoms with Crippen molar-refractivity contribution in [1.29, 1.82) is 0 Å². The van der Waals surface area contributed by atoms with Gasteiger partial charge in [-0.15, -0.1) is 0 Å². The van der Waals surface area contributed by atoms with E-state index < -0.39 is 0 Å². The van der Waals surface area contributed by atoms with Crippen LogP contribution in [0.15, 0.2) is 36.9 Å². The molecule has 0 unspecified atom stereocenters. The van der Waals surface area contributed by atoms with Gasteiger partial charge in [-0.1, -0.05) is 19.4 Å². The van der Waals surface area contributed by atoms with Gasteiger partial charge < -0.3 is 19.4 Å². The summed E-state index contributed by atoms with van der Waals surface area (Å²) < 4.78 is 13.3. The first-order valence-corrected chi connectivity index (χ1v) is 8.29. The Morgan fingerprint density at radius 2 is 2.13 bits per heavy atom. The second-order valence-corrected chi connectivity index (χ2v) is 5.52. The minimum Gasteiger partial charge on any atom is -0.493 e. The molecule has 0 bridgehead atoms. The van der Waals surface area contributed by atoms with Crippen molar-refractivity contribution in [1.82, 2.24) is 14.9 Å². The second-order valence-electron chi connectivity index (χ2n) is 5.52. The summed E-state index contributed by atoms with van der Waals surface area (Å²) in [5, 5.41) is 3.46. The van der Waals surface area contributed by atoms with Crippen molar-refractivity contribution in [3.8, 4) is 11.5 Å². The minimum absolute atomic E-state index is 0.735. The van der Waals surface area contributed by atoms with Gasteiger partial charge in [0.1, 0.15) is 0 Å². The quantitative estimate of drug-likeness (QED) is 0.646. The first-order chi connectivity index (χ1) is 11.3. The van der Waals surface area contributed by atoms with E-state index in [2.05, 4.69) is 27.9 Å². The summed E-state index contributed by atoms with van der Waals surface area (Å²) in [5.74, 6) is 1.63. The van der Waals surface area contributed by atoms with Gasteiger partial charge in [0.15, 0.2) is 11.5 Å². The lowest BCUT2D eigenvalue weighted by Crippen LogP contribution is -2.16. The minimum atomic E-state index is 0.735. The van der Waals surface area contributed by atoms with Crippen LogP contribution >= 0.6 is 0 Å². The molecule has 2 aromatic rings. The normalized spacial score (nSPS) is 10.7. The summed E-state index contributed by atoms with van der Waals surface area (Å²) in [4.78, 5) is 4.04. The van der Waals surface area contributed by atoms with Gasteiger partial charge in [0.2, 0.25) is 0 Å². The number of benzene rings is 1. The van der Waals surface area contributed by atoms with Gasteiger partial charge in [-0.3, -0.25) is 0 Å². The third-order valence-corrected chi connectivity index (χ3v) is 3.64. The number of aromatic nitrogens is 2. The lowest BCUT2D eigenvalue weighted by atomic mass is 10.2. The number of aryl methyl sites for hydroxylation is 1. The molecule has 0 fully saturated rings. The van der Waals surface area contributed by atoms with Crippen LogP contribution in [0.5, 0.6) is 11.5 Å². The van der Waals surface area contributed by atoms with E-state index in [1.807, 2.05) is 30.9 Å². The van der Waals surface area contributed by atoms with E-state index in [4.69, 9.17) is 9.47 Å². The molecule has 1 aromatic heterocycles. The maximum absolute atomic E-state index is 5.75. The third-order valence-electron chi connectivity index (χ3n) is 3.64. The van der Waals surface area contributed by atoms with E-state index >= 15 is 0 Å². The van der Waals surface area contributed by atoms with Crippen molar-refractivity contribution in [3.05, 3.63) is 42.5 Å². The zero-order valence-electron chi connectivity index (χ0n) is 14.1. The molecular weight excluding hydrogens is 290 g/mol. The first kappa shape index (κ1) is 17.3. The highest BCUT2D eigenvalue weighted by atomic mass is 16.5. The van der Waals surface area contributed by atoms with Crippen molar-refractivity contribution in [2.75, 3.05) is 20.3 Å². The predicted octanol–water partition coefficient (Wildman–Crippen LogP) is 3.25. The van der Waals surface area contributed by atoms with Gasteiger partial charge in [0.05, 0.1) is 20.0 Å². The zero-order valence-corrected chi connectivity index (χ0v) is 14.1. The number of nitrogens with one attached hydrogen (secondary N) is 1. The van der Waals surface area contributed by atoms with Gasteiger partial charge in [-0.05, 0) is 37.1 Å². The number of hydrogen-bond donors (Lipinski definition) is 1. The van der Waals surface area contributed by atoms with Gasteiger partial charge in [-0.2, -0.15) is 0 Å². The molecule has 1 heterocycles. The number of unbranched alkanes of at least 4 members (excludes halogenated alkanes) is 1. The van der Waals surface area contributed by atoms with E-state index in [1.165, 1.54) is 5.56 Å². The van der Waals surface area contributed by atoms with Crippen LogP contribution in [0, 0.1) is 0 Å². The maximum atomic E-state index is 5.75. The van der Waals surface area contributed by atoms with Crippen LogP contribution in [0.1, 0.15) is 31.7 Å². The molecular formula is C18H27N3O2. The summed E-state index contributed by atoms with van der Waals surface area (Å²) in [6, 6.07) is 6.13. The summed E-state index contributed by atoms with van der Waals surface area (Å²) in [6.07, 6.45) is 8.91. The lowest BCUT2D eigenvalue weighted by Gasteiger charge is -2.12. The molecule has 1 N–H and O–H groups in total. The van der Waals surface area contributed by atoms with Gasteiger partial charge in [0.25, 0.3) is 0 Å².